The highest BCUT2D eigenvalue weighted by Crippen LogP contribution is 2.36. The van der Waals surface area contributed by atoms with Crippen molar-refractivity contribution in [2.45, 2.75) is 6.61 Å². The Hall–Kier alpha value is -3.55. The van der Waals surface area contributed by atoms with Gasteiger partial charge in [0, 0.05) is 18.0 Å². The predicted molar refractivity (Wildman–Crippen MR) is 95.0 cm³/mol. The van der Waals surface area contributed by atoms with Gasteiger partial charge in [0.25, 0.3) is 0 Å². The third kappa shape index (κ3) is 2.92. The standard InChI is InChI=1S/C16H12N8OS/c17-7-10-2-1-3-11(6-10)13-14(24-5-4-18-12(24)8-25)26-16(21-13)22-15-19-9-20-23-15/h1-6,9,25H,8H2,(H2,19,20,21,22,23). The second-order valence-corrected chi connectivity index (χ2v) is 6.16. The van der Waals surface area contributed by atoms with E-state index in [2.05, 4.69) is 36.5 Å². The zero-order valence-corrected chi connectivity index (χ0v) is 14.1. The van der Waals surface area contributed by atoms with E-state index in [0.29, 0.717) is 28.2 Å². The number of hydrogen-bond donors (Lipinski definition) is 3. The minimum atomic E-state index is -0.202. The van der Waals surface area contributed by atoms with Crippen LogP contribution >= 0.6 is 11.3 Å². The lowest BCUT2D eigenvalue weighted by atomic mass is 10.1. The topological polar surface area (TPSA) is 128 Å². The van der Waals surface area contributed by atoms with Crippen LogP contribution in [-0.4, -0.2) is 34.8 Å². The number of nitrogens with one attached hydrogen (secondary N) is 2. The lowest BCUT2D eigenvalue weighted by Gasteiger charge is -2.06. The number of nitriles is 1. The molecule has 3 heterocycles. The smallest absolute Gasteiger partial charge is 0.248 e. The number of hydrogen-bond acceptors (Lipinski definition) is 8. The molecule has 1 aromatic carbocycles. The molecule has 26 heavy (non-hydrogen) atoms. The third-order valence-electron chi connectivity index (χ3n) is 3.59. The minimum absolute atomic E-state index is 0.202. The highest BCUT2D eigenvalue weighted by Gasteiger charge is 2.18. The molecular weight excluding hydrogens is 352 g/mol. The average Bonchev–Trinajstić information content (AvgIpc) is 3.42. The molecule has 9 nitrogen and oxygen atoms in total. The van der Waals surface area contributed by atoms with Crippen LogP contribution in [0.5, 0.6) is 0 Å². The number of aliphatic hydroxyl groups is 1. The summed E-state index contributed by atoms with van der Waals surface area (Å²) < 4.78 is 1.77. The van der Waals surface area contributed by atoms with Gasteiger partial charge < -0.3 is 5.11 Å². The molecule has 0 saturated heterocycles. The SMILES string of the molecule is N#Cc1cccc(-c2nc(Nc3nc[nH]n3)sc2-n2ccnc2CO)c1. The number of imidazole rings is 1. The first-order valence-electron chi connectivity index (χ1n) is 7.56. The monoisotopic (exact) mass is 364 g/mol. The van der Waals surface area contributed by atoms with E-state index in [9.17, 15) is 10.4 Å². The summed E-state index contributed by atoms with van der Waals surface area (Å²) in [5, 5.41) is 29.7. The third-order valence-corrected chi connectivity index (χ3v) is 4.56. The molecule has 128 valence electrons. The fourth-order valence-electron chi connectivity index (χ4n) is 2.45. The van der Waals surface area contributed by atoms with Crippen molar-refractivity contribution in [2.75, 3.05) is 5.32 Å². The molecule has 0 amide bonds. The Bertz CT molecular complexity index is 1080. The Morgan fingerprint density at radius 1 is 1.35 bits per heavy atom. The quantitative estimate of drug-likeness (QED) is 0.495. The zero-order valence-electron chi connectivity index (χ0n) is 13.3. The van der Waals surface area contributed by atoms with Gasteiger partial charge in [-0.25, -0.2) is 15.0 Å². The molecular formula is C16H12N8OS. The average molecular weight is 364 g/mol. The van der Waals surface area contributed by atoms with Crippen LogP contribution in [0.25, 0.3) is 16.3 Å². The van der Waals surface area contributed by atoms with Crippen molar-refractivity contribution in [1.29, 1.82) is 5.26 Å². The molecule has 4 aromatic rings. The molecule has 4 rings (SSSR count). The highest BCUT2D eigenvalue weighted by atomic mass is 32.1. The van der Waals surface area contributed by atoms with Gasteiger partial charge in [-0.3, -0.25) is 15.0 Å². The molecule has 0 aliphatic rings. The van der Waals surface area contributed by atoms with Crippen molar-refractivity contribution in [1.82, 2.24) is 29.7 Å². The van der Waals surface area contributed by atoms with E-state index < -0.39 is 0 Å². The molecule has 0 aliphatic heterocycles. The number of nitrogens with zero attached hydrogens (tertiary/aromatic N) is 6. The van der Waals surface area contributed by atoms with Gasteiger partial charge in [-0.05, 0) is 12.1 Å². The molecule has 3 aromatic heterocycles. The van der Waals surface area contributed by atoms with E-state index in [0.717, 1.165) is 10.6 Å². The van der Waals surface area contributed by atoms with Crippen LogP contribution in [0.1, 0.15) is 11.4 Å². The van der Waals surface area contributed by atoms with E-state index in [1.165, 1.54) is 17.7 Å². The first kappa shape index (κ1) is 15.9. The Morgan fingerprint density at radius 3 is 3.04 bits per heavy atom. The van der Waals surface area contributed by atoms with Crippen LogP contribution in [0.2, 0.25) is 0 Å². The number of aromatic amines is 1. The largest absolute Gasteiger partial charge is 0.388 e. The molecule has 0 saturated carbocycles. The Balaban J connectivity index is 1.85. The van der Waals surface area contributed by atoms with Crippen molar-refractivity contribution >= 4 is 22.4 Å². The van der Waals surface area contributed by atoms with Crippen LogP contribution in [0.15, 0.2) is 43.0 Å². The van der Waals surface area contributed by atoms with Crippen molar-refractivity contribution in [2.24, 2.45) is 0 Å². The Morgan fingerprint density at radius 2 is 2.27 bits per heavy atom. The van der Waals surface area contributed by atoms with Gasteiger partial charge in [0.1, 0.15) is 29.5 Å². The summed E-state index contributed by atoms with van der Waals surface area (Å²) in [5.74, 6) is 0.895. The molecule has 3 N–H and O–H groups in total. The predicted octanol–water partition coefficient (Wildman–Crippen LogP) is 2.22. The molecule has 0 fully saturated rings. The van der Waals surface area contributed by atoms with Crippen molar-refractivity contribution in [3.05, 3.63) is 54.4 Å². The maximum Gasteiger partial charge on any atom is 0.248 e. The van der Waals surface area contributed by atoms with E-state index in [1.807, 2.05) is 6.07 Å². The Kier molecular flexibility index (Phi) is 4.14. The highest BCUT2D eigenvalue weighted by molar-refractivity contribution is 7.18. The Labute approximate surface area is 151 Å². The minimum Gasteiger partial charge on any atom is -0.388 e. The van der Waals surface area contributed by atoms with Gasteiger partial charge in [-0.2, -0.15) is 5.26 Å². The van der Waals surface area contributed by atoms with Gasteiger partial charge in [-0.15, -0.1) is 5.10 Å². The summed E-state index contributed by atoms with van der Waals surface area (Å²) in [6, 6.07) is 9.32. The van der Waals surface area contributed by atoms with Crippen LogP contribution in [0.4, 0.5) is 11.1 Å². The molecule has 0 atom stereocenters. The fraction of sp³-hybridized carbons (Fsp3) is 0.0625. The van der Waals surface area contributed by atoms with Crippen LogP contribution < -0.4 is 5.32 Å². The summed E-state index contributed by atoms with van der Waals surface area (Å²) in [4.78, 5) is 12.8. The van der Waals surface area contributed by atoms with Gasteiger partial charge in [0.15, 0.2) is 5.13 Å². The van der Waals surface area contributed by atoms with Gasteiger partial charge in [-0.1, -0.05) is 23.5 Å². The van der Waals surface area contributed by atoms with Gasteiger partial charge in [0.2, 0.25) is 5.95 Å². The summed E-state index contributed by atoms with van der Waals surface area (Å²) in [6.45, 7) is -0.202. The van der Waals surface area contributed by atoms with Crippen molar-refractivity contribution in [3.8, 4) is 22.3 Å². The molecule has 0 unspecified atom stereocenters. The number of anilines is 2. The van der Waals surface area contributed by atoms with E-state index >= 15 is 0 Å². The number of thiazole rings is 1. The maximum atomic E-state index is 9.54. The van der Waals surface area contributed by atoms with Gasteiger partial charge in [0.05, 0.1) is 11.6 Å². The van der Waals surface area contributed by atoms with Crippen LogP contribution in [-0.2, 0) is 6.61 Å². The van der Waals surface area contributed by atoms with Crippen LogP contribution in [0.3, 0.4) is 0 Å². The van der Waals surface area contributed by atoms with Gasteiger partial charge >= 0.3 is 0 Å². The molecule has 10 heteroatoms. The number of benzene rings is 1. The summed E-state index contributed by atoms with van der Waals surface area (Å²) >= 11 is 1.37. The fourth-order valence-corrected chi connectivity index (χ4v) is 3.44. The van der Waals surface area contributed by atoms with E-state index in [-0.39, 0.29) is 6.61 Å². The lowest BCUT2D eigenvalue weighted by molar-refractivity contribution is 0.269. The van der Waals surface area contributed by atoms with Crippen LogP contribution in [0, 0.1) is 11.3 Å². The lowest BCUT2D eigenvalue weighted by Crippen LogP contribution is -1.99. The first-order valence-corrected chi connectivity index (χ1v) is 8.37. The summed E-state index contributed by atoms with van der Waals surface area (Å²) in [5.41, 5.74) is 1.99. The van der Waals surface area contributed by atoms with E-state index in [1.54, 1.807) is 35.2 Å². The number of H-pyrrole nitrogens is 1. The molecule has 0 bridgehead atoms. The summed E-state index contributed by atoms with van der Waals surface area (Å²) in [6.07, 6.45) is 4.84. The normalized spacial score (nSPS) is 10.6. The van der Waals surface area contributed by atoms with Crippen molar-refractivity contribution < 1.29 is 5.11 Å². The summed E-state index contributed by atoms with van der Waals surface area (Å²) in [7, 11) is 0. The van der Waals surface area contributed by atoms with E-state index in [4.69, 9.17) is 0 Å². The number of aromatic nitrogens is 6. The maximum absolute atomic E-state index is 9.54. The molecule has 0 spiro atoms. The zero-order chi connectivity index (χ0) is 17.9. The second-order valence-electron chi connectivity index (χ2n) is 5.18. The number of aliphatic hydroxyl groups excluding tert-OH is 1. The second kappa shape index (κ2) is 6.75. The molecule has 0 aliphatic carbocycles. The van der Waals surface area contributed by atoms with Crippen molar-refractivity contribution in [3.63, 3.8) is 0 Å². The molecule has 0 radical (unpaired) electrons. The number of rotatable bonds is 5. The first-order chi connectivity index (χ1) is 12.8.